The van der Waals surface area contributed by atoms with Crippen LogP contribution in [0, 0.1) is 11.8 Å². The van der Waals surface area contributed by atoms with Crippen LogP contribution in [0.25, 0.3) is 0 Å². The van der Waals surface area contributed by atoms with Gasteiger partial charge >= 0.3 is 5.97 Å². The quantitative estimate of drug-likeness (QED) is 0.365. The first-order valence-electron chi connectivity index (χ1n) is 11.9. The zero-order valence-corrected chi connectivity index (χ0v) is 20.1. The summed E-state index contributed by atoms with van der Waals surface area (Å²) >= 11 is 0. The Morgan fingerprint density at radius 2 is 1.42 bits per heavy atom. The number of rotatable bonds is 4. The van der Waals surface area contributed by atoms with Crippen molar-refractivity contribution in [3.63, 3.8) is 0 Å². The maximum absolute atomic E-state index is 13.3. The number of carbonyl (C=O) groups is 1. The van der Waals surface area contributed by atoms with Gasteiger partial charge in [0.05, 0.1) is 5.92 Å². The summed E-state index contributed by atoms with van der Waals surface area (Å²) in [4.78, 5) is 13.3. The van der Waals surface area contributed by atoms with Gasteiger partial charge in [0.1, 0.15) is 14.2 Å². The lowest BCUT2D eigenvalue weighted by molar-refractivity contribution is -0.146. The number of benzene rings is 2. The van der Waals surface area contributed by atoms with Crippen molar-refractivity contribution in [2.45, 2.75) is 69.1 Å². The summed E-state index contributed by atoms with van der Waals surface area (Å²) in [5, 5.41) is 2.52. The smallest absolute Gasteiger partial charge is 0.314 e. The van der Waals surface area contributed by atoms with Gasteiger partial charge in [-0.05, 0) is 23.8 Å². The van der Waals surface area contributed by atoms with Crippen LogP contribution >= 0.6 is 0 Å². The zero-order valence-electron chi connectivity index (χ0n) is 19.1. The van der Waals surface area contributed by atoms with E-state index in [1.165, 1.54) is 29.6 Å². The van der Waals surface area contributed by atoms with Crippen molar-refractivity contribution in [3.8, 4) is 0 Å². The lowest BCUT2D eigenvalue weighted by Gasteiger charge is -2.52. The summed E-state index contributed by atoms with van der Waals surface area (Å²) < 4.78 is 6.32. The molecule has 0 spiro atoms. The number of hydrogen-bond donors (Lipinski definition) is 0. The van der Waals surface area contributed by atoms with Gasteiger partial charge in [-0.25, -0.2) is 0 Å². The van der Waals surface area contributed by atoms with Crippen LogP contribution in [0.4, 0.5) is 0 Å². The van der Waals surface area contributed by atoms with E-state index in [0.29, 0.717) is 5.92 Å². The Labute approximate surface area is 187 Å². The molecule has 0 bridgehead atoms. The molecule has 3 atom stereocenters. The molecule has 2 saturated carbocycles. The molecule has 0 aromatic heterocycles. The van der Waals surface area contributed by atoms with Gasteiger partial charge in [0, 0.05) is 5.04 Å². The summed E-state index contributed by atoms with van der Waals surface area (Å²) in [6, 6.07) is 22.1. The largest absolute Gasteiger partial charge is 0.461 e. The van der Waals surface area contributed by atoms with Crippen LogP contribution in [0.15, 0.2) is 72.8 Å². The molecule has 5 rings (SSSR count). The van der Waals surface area contributed by atoms with Crippen molar-refractivity contribution in [2.75, 3.05) is 0 Å². The van der Waals surface area contributed by atoms with E-state index in [0.717, 1.165) is 18.4 Å². The number of fused-ring (bicyclic) bond motifs is 1. The van der Waals surface area contributed by atoms with Gasteiger partial charge in [-0.3, -0.25) is 4.79 Å². The molecule has 162 valence electrons. The highest BCUT2D eigenvalue weighted by Crippen LogP contribution is 2.80. The average molecular weight is 431 g/mol. The zero-order chi connectivity index (χ0) is 21.9. The van der Waals surface area contributed by atoms with Crippen molar-refractivity contribution >= 4 is 24.4 Å². The third-order valence-electron chi connectivity index (χ3n) is 8.42. The second-order valence-corrected chi connectivity index (χ2v) is 15.8. The number of carbonyl (C=O) groups excluding carboxylic acids is 1. The van der Waals surface area contributed by atoms with Crippen LogP contribution < -0.4 is 10.4 Å². The van der Waals surface area contributed by atoms with Crippen molar-refractivity contribution in [2.24, 2.45) is 11.8 Å². The summed E-state index contributed by atoms with van der Waals surface area (Å²) in [5.41, 5.74) is 1.15. The molecule has 1 heterocycles. The van der Waals surface area contributed by atoms with E-state index in [2.05, 4.69) is 88.0 Å². The summed E-state index contributed by atoms with van der Waals surface area (Å²) in [7, 11) is -2.56. The normalized spacial score (nSPS) is 28.9. The lowest BCUT2D eigenvalue weighted by atomic mass is 9.83. The van der Waals surface area contributed by atoms with Crippen molar-refractivity contribution in [3.05, 3.63) is 72.8 Å². The summed E-state index contributed by atoms with van der Waals surface area (Å²) in [6.45, 7) is 11.7. The molecule has 0 unspecified atom stereocenters. The van der Waals surface area contributed by atoms with E-state index in [9.17, 15) is 4.79 Å². The molecule has 3 aliphatic rings. The fraction of sp³-hybridized carbons (Fsp3) is 0.464. The number of esters is 1. The number of ether oxygens (including phenoxy) is 1. The van der Waals surface area contributed by atoms with Crippen molar-refractivity contribution in [1.29, 1.82) is 0 Å². The predicted molar refractivity (Wildman–Crippen MR) is 129 cm³/mol. The number of cyclic esters (lactones) is 1. The highest BCUT2D eigenvalue weighted by atomic mass is 28.3. The highest BCUT2D eigenvalue weighted by molar-refractivity contribution is 7.08. The van der Waals surface area contributed by atoms with E-state index >= 15 is 0 Å². The molecule has 0 N–H and O–H groups in total. The third-order valence-corrected chi connectivity index (χ3v) is 15.2. The first-order chi connectivity index (χ1) is 14.9. The first kappa shape index (κ1) is 20.8. The van der Waals surface area contributed by atoms with Crippen molar-refractivity contribution < 1.29 is 9.53 Å². The minimum Gasteiger partial charge on any atom is -0.461 e. The topological polar surface area (TPSA) is 26.3 Å². The molecule has 2 aliphatic carbocycles. The van der Waals surface area contributed by atoms with Crippen LogP contribution in [0.3, 0.4) is 0 Å². The molecular weight excluding hydrogens is 396 g/mol. The van der Waals surface area contributed by atoms with E-state index < -0.39 is 8.07 Å². The molecule has 2 aromatic rings. The Kier molecular flexibility index (Phi) is 4.82. The average Bonchev–Trinajstić information content (AvgIpc) is 3.25. The van der Waals surface area contributed by atoms with Crippen LogP contribution in [-0.2, 0) is 9.53 Å². The van der Waals surface area contributed by atoms with Gasteiger partial charge in [0.2, 0.25) is 0 Å². The standard InChI is InChI=1S/C28H34O2Si/c1-20-24-26(29)30-25(21-14-8-5-9-15-21)28(20,24)31(27(2,3)4,22-16-10-6-11-17-22)23-18-12-7-13-19-23/h6-7,10-13,16-19,21,24-25H,1,5,8-9,14-15H2,2-4H3/t24-,25+,28+/m0/s1. The van der Waals surface area contributed by atoms with Crippen LogP contribution in [0.1, 0.15) is 52.9 Å². The molecule has 0 amide bonds. The molecule has 1 saturated heterocycles. The SMILES string of the molecule is C=C1[C@H]2C(=O)O[C@H](C3CCCCC3)[C@@]12[Si](c1ccccc1)(c1ccccc1)C(C)(C)C. The molecule has 3 fully saturated rings. The highest BCUT2D eigenvalue weighted by Gasteiger charge is 2.84. The Balaban J connectivity index is 1.82. The molecule has 2 aromatic carbocycles. The van der Waals surface area contributed by atoms with E-state index in [1.807, 2.05) is 0 Å². The molecule has 31 heavy (non-hydrogen) atoms. The maximum Gasteiger partial charge on any atom is 0.314 e. The maximum atomic E-state index is 13.3. The van der Waals surface area contributed by atoms with E-state index in [4.69, 9.17) is 4.74 Å². The van der Waals surface area contributed by atoms with Crippen LogP contribution in [0.2, 0.25) is 10.1 Å². The van der Waals surface area contributed by atoms with E-state index in [-0.39, 0.29) is 28.1 Å². The van der Waals surface area contributed by atoms with Gasteiger partial charge in [0.15, 0.2) is 0 Å². The van der Waals surface area contributed by atoms with Crippen LogP contribution in [0.5, 0.6) is 0 Å². The Morgan fingerprint density at radius 1 is 0.903 bits per heavy atom. The predicted octanol–water partition coefficient (Wildman–Crippen LogP) is 5.48. The third kappa shape index (κ3) is 2.65. The first-order valence-corrected chi connectivity index (χ1v) is 13.9. The minimum atomic E-state index is -2.56. The molecule has 1 aliphatic heterocycles. The van der Waals surface area contributed by atoms with Crippen molar-refractivity contribution in [1.82, 2.24) is 0 Å². The molecular formula is C28H34O2Si. The van der Waals surface area contributed by atoms with Gasteiger partial charge in [-0.1, -0.05) is 123 Å². The van der Waals surface area contributed by atoms with Gasteiger partial charge in [-0.2, -0.15) is 0 Å². The Morgan fingerprint density at radius 3 is 1.87 bits per heavy atom. The van der Waals surface area contributed by atoms with E-state index in [1.54, 1.807) is 0 Å². The number of hydrogen-bond acceptors (Lipinski definition) is 2. The fourth-order valence-electron chi connectivity index (χ4n) is 7.45. The van der Waals surface area contributed by atoms with Gasteiger partial charge in [0.25, 0.3) is 0 Å². The lowest BCUT2D eigenvalue weighted by Crippen LogP contribution is -2.70. The summed E-state index contributed by atoms with van der Waals surface area (Å²) in [6.07, 6.45) is 6.08. The van der Waals surface area contributed by atoms with Crippen LogP contribution in [-0.4, -0.2) is 20.1 Å². The molecule has 0 radical (unpaired) electrons. The van der Waals surface area contributed by atoms with Gasteiger partial charge < -0.3 is 4.74 Å². The van der Waals surface area contributed by atoms with Gasteiger partial charge in [-0.15, -0.1) is 0 Å². The minimum absolute atomic E-state index is 0.0196. The Bertz CT molecular complexity index is 945. The molecule has 2 nitrogen and oxygen atoms in total. The fourth-order valence-corrected chi connectivity index (χ4v) is 15.1. The Hall–Kier alpha value is -2.13. The molecule has 3 heteroatoms. The summed E-state index contributed by atoms with van der Waals surface area (Å²) in [5.74, 6) is 0.280. The second-order valence-electron chi connectivity index (χ2n) is 10.8. The monoisotopic (exact) mass is 430 g/mol. The second kappa shape index (κ2) is 7.20.